The summed E-state index contributed by atoms with van der Waals surface area (Å²) in [6.45, 7) is 0. The predicted octanol–water partition coefficient (Wildman–Crippen LogP) is 3.94. The molecule has 3 aromatic carbocycles. The van der Waals surface area contributed by atoms with Crippen LogP contribution in [0.5, 0.6) is 11.5 Å². The lowest BCUT2D eigenvalue weighted by molar-refractivity contribution is 0.439. The van der Waals surface area contributed by atoms with Crippen LogP contribution < -0.4 is 9.88 Å². The number of primary sulfonamides is 1. The van der Waals surface area contributed by atoms with Gasteiger partial charge >= 0.3 is 0 Å². The average Bonchev–Trinajstić information content (AvgIpc) is 2.63. The second-order valence-electron chi connectivity index (χ2n) is 5.57. The highest BCUT2D eigenvalue weighted by Crippen LogP contribution is 2.35. The summed E-state index contributed by atoms with van der Waals surface area (Å²) >= 11 is 0. The predicted molar refractivity (Wildman–Crippen MR) is 94.4 cm³/mol. The quantitative estimate of drug-likeness (QED) is 0.735. The van der Waals surface area contributed by atoms with Crippen molar-refractivity contribution in [3.8, 4) is 28.7 Å². The first kappa shape index (κ1) is 18.5. The summed E-state index contributed by atoms with van der Waals surface area (Å²) in [4.78, 5) is -0.0743. The van der Waals surface area contributed by atoms with E-state index in [-0.39, 0.29) is 16.4 Å². The Morgan fingerprint density at radius 3 is 2.19 bits per heavy atom. The molecule has 0 fully saturated rings. The minimum absolute atomic E-state index is 0.0743. The normalized spacial score (nSPS) is 11.0. The Labute approximate surface area is 154 Å². The molecule has 0 aliphatic rings. The fourth-order valence-corrected chi connectivity index (χ4v) is 2.93. The maximum Gasteiger partial charge on any atom is 0.238 e. The zero-order valence-electron chi connectivity index (χ0n) is 13.7. The molecule has 136 valence electrons. The third-order valence-corrected chi connectivity index (χ3v) is 4.65. The van der Waals surface area contributed by atoms with Crippen molar-refractivity contribution in [2.45, 2.75) is 4.90 Å². The van der Waals surface area contributed by atoms with Gasteiger partial charge in [0.25, 0.3) is 0 Å². The van der Waals surface area contributed by atoms with Crippen molar-refractivity contribution in [3.05, 3.63) is 77.9 Å². The number of hydrogen-bond donors (Lipinski definition) is 1. The summed E-state index contributed by atoms with van der Waals surface area (Å²) < 4.78 is 55.3. The van der Waals surface area contributed by atoms with Gasteiger partial charge in [0.05, 0.1) is 16.5 Å². The topological polar surface area (TPSA) is 93.2 Å². The second-order valence-corrected chi connectivity index (χ2v) is 7.13. The van der Waals surface area contributed by atoms with Crippen molar-refractivity contribution in [1.82, 2.24) is 0 Å². The number of rotatable bonds is 4. The second kappa shape index (κ2) is 7.15. The third-order valence-electron chi connectivity index (χ3n) is 3.72. The van der Waals surface area contributed by atoms with Gasteiger partial charge in [-0.15, -0.1) is 0 Å². The largest absolute Gasteiger partial charge is 0.454 e. The molecule has 0 atom stereocenters. The molecule has 0 amide bonds. The lowest BCUT2D eigenvalue weighted by atomic mass is 10.0. The van der Waals surface area contributed by atoms with Gasteiger partial charge < -0.3 is 4.74 Å². The third kappa shape index (κ3) is 4.11. The molecule has 0 heterocycles. The minimum Gasteiger partial charge on any atom is -0.454 e. The van der Waals surface area contributed by atoms with Crippen LogP contribution in [0.1, 0.15) is 5.56 Å². The van der Waals surface area contributed by atoms with Crippen LogP contribution in [0, 0.1) is 23.0 Å². The summed E-state index contributed by atoms with van der Waals surface area (Å²) in [5.74, 6) is -1.60. The first-order chi connectivity index (χ1) is 12.8. The number of nitriles is 1. The number of sulfonamides is 1. The van der Waals surface area contributed by atoms with Crippen LogP contribution in [0.2, 0.25) is 0 Å². The van der Waals surface area contributed by atoms with Crippen LogP contribution in [-0.2, 0) is 10.0 Å². The first-order valence-electron chi connectivity index (χ1n) is 7.58. The average molecular weight is 386 g/mol. The smallest absolute Gasteiger partial charge is 0.238 e. The van der Waals surface area contributed by atoms with Gasteiger partial charge in [0.1, 0.15) is 11.6 Å². The van der Waals surface area contributed by atoms with Crippen LogP contribution >= 0.6 is 0 Å². The molecule has 0 spiro atoms. The fraction of sp³-hybridized carbons (Fsp3) is 0. The van der Waals surface area contributed by atoms with Crippen molar-refractivity contribution in [2.75, 3.05) is 0 Å². The first-order valence-corrected chi connectivity index (χ1v) is 9.13. The Bertz CT molecular complexity index is 1150. The highest BCUT2D eigenvalue weighted by atomic mass is 32.2. The Kier molecular flexibility index (Phi) is 4.90. The van der Waals surface area contributed by atoms with Crippen molar-refractivity contribution in [1.29, 1.82) is 5.26 Å². The van der Waals surface area contributed by atoms with E-state index < -0.39 is 21.7 Å². The van der Waals surface area contributed by atoms with Crippen LogP contribution in [0.3, 0.4) is 0 Å². The summed E-state index contributed by atoms with van der Waals surface area (Å²) in [6.07, 6.45) is 0. The van der Waals surface area contributed by atoms with E-state index in [0.717, 1.165) is 12.1 Å². The van der Waals surface area contributed by atoms with E-state index in [4.69, 9.17) is 15.1 Å². The van der Waals surface area contributed by atoms with Gasteiger partial charge in [-0.1, -0.05) is 12.1 Å². The zero-order valence-corrected chi connectivity index (χ0v) is 14.5. The van der Waals surface area contributed by atoms with E-state index in [9.17, 15) is 17.2 Å². The molecule has 2 N–H and O–H groups in total. The number of ether oxygens (including phenoxy) is 1. The number of halogens is 2. The molecule has 0 unspecified atom stereocenters. The monoisotopic (exact) mass is 386 g/mol. The summed E-state index contributed by atoms with van der Waals surface area (Å²) in [5, 5.41) is 14.2. The molecule has 5 nitrogen and oxygen atoms in total. The molecule has 0 aliphatic heterocycles. The number of nitrogens with zero attached hydrogens (tertiary/aromatic N) is 1. The van der Waals surface area contributed by atoms with Crippen LogP contribution in [0.25, 0.3) is 11.1 Å². The van der Waals surface area contributed by atoms with E-state index >= 15 is 0 Å². The van der Waals surface area contributed by atoms with Gasteiger partial charge in [-0.2, -0.15) is 5.26 Å². The van der Waals surface area contributed by atoms with Crippen molar-refractivity contribution in [3.63, 3.8) is 0 Å². The van der Waals surface area contributed by atoms with Crippen LogP contribution in [0.15, 0.2) is 65.6 Å². The Balaban J connectivity index is 2.07. The maximum atomic E-state index is 13.9. The molecule has 27 heavy (non-hydrogen) atoms. The maximum absolute atomic E-state index is 13.9. The summed E-state index contributed by atoms with van der Waals surface area (Å²) in [7, 11) is -3.85. The van der Waals surface area contributed by atoms with Gasteiger partial charge in [-0.25, -0.2) is 22.3 Å². The van der Waals surface area contributed by atoms with E-state index in [1.807, 2.05) is 6.07 Å². The molecule has 3 aromatic rings. The van der Waals surface area contributed by atoms with Crippen molar-refractivity contribution < 1.29 is 21.9 Å². The van der Waals surface area contributed by atoms with Gasteiger partial charge in [-0.3, -0.25) is 0 Å². The van der Waals surface area contributed by atoms with Gasteiger partial charge in [-0.05, 0) is 48.0 Å². The van der Waals surface area contributed by atoms with Crippen molar-refractivity contribution in [2.24, 2.45) is 5.14 Å². The Morgan fingerprint density at radius 2 is 1.59 bits per heavy atom. The fourth-order valence-electron chi connectivity index (χ4n) is 2.41. The molecule has 0 radical (unpaired) electrons. The SMILES string of the molecule is N#Cc1ccc(Oc2ccc(F)cc2F)c(-c2ccc(S(N)(=O)=O)cc2)c1. The van der Waals surface area contributed by atoms with E-state index in [0.29, 0.717) is 22.8 Å². The van der Waals surface area contributed by atoms with Gasteiger partial charge in [0.15, 0.2) is 11.6 Å². The van der Waals surface area contributed by atoms with Gasteiger partial charge in [0, 0.05) is 11.6 Å². The molecule has 8 heteroatoms. The Morgan fingerprint density at radius 1 is 0.926 bits per heavy atom. The lowest BCUT2D eigenvalue weighted by Gasteiger charge is -2.13. The van der Waals surface area contributed by atoms with Gasteiger partial charge in [0.2, 0.25) is 10.0 Å². The number of hydrogen-bond acceptors (Lipinski definition) is 4. The molecular weight excluding hydrogens is 374 g/mol. The minimum atomic E-state index is -3.85. The highest BCUT2D eigenvalue weighted by molar-refractivity contribution is 7.89. The van der Waals surface area contributed by atoms with Crippen molar-refractivity contribution >= 4 is 10.0 Å². The van der Waals surface area contributed by atoms with Crippen LogP contribution in [-0.4, -0.2) is 8.42 Å². The molecular formula is C19H12F2N2O3S. The lowest BCUT2D eigenvalue weighted by Crippen LogP contribution is -2.11. The number of benzene rings is 3. The number of nitrogens with two attached hydrogens (primary N) is 1. The van der Waals surface area contributed by atoms with E-state index in [1.54, 1.807) is 0 Å². The molecule has 0 aliphatic carbocycles. The van der Waals surface area contributed by atoms with Crippen LogP contribution in [0.4, 0.5) is 8.78 Å². The standard InChI is InChI=1S/C19H12F2N2O3S/c20-14-4-8-19(17(21)10-14)26-18-7-1-12(11-22)9-16(18)13-2-5-15(6-3-13)27(23,24)25/h1-10H,(H2,23,24,25). The highest BCUT2D eigenvalue weighted by Gasteiger charge is 2.14. The van der Waals surface area contributed by atoms with E-state index in [1.165, 1.54) is 42.5 Å². The molecule has 0 saturated carbocycles. The summed E-state index contributed by atoms with van der Waals surface area (Å²) in [5.41, 5.74) is 1.28. The summed E-state index contributed by atoms with van der Waals surface area (Å²) in [6, 6.07) is 15.0. The molecule has 0 bridgehead atoms. The molecule has 0 saturated heterocycles. The van der Waals surface area contributed by atoms with E-state index in [2.05, 4.69) is 0 Å². The Hall–Kier alpha value is -3.28. The molecule has 3 rings (SSSR count). The molecule has 0 aromatic heterocycles. The zero-order chi connectivity index (χ0) is 19.6.